The number of carbonyl (C=O) groups is 1. The summed E-state index contributed by atoms with van der Waals surface area (Å²) in [5.41, 5.74) is 4.13. The van der Waals surface area contributed by atoms with Gasteiger partial charge in [0.1, 0.15) is 11.5 Å². The van der Waals surface area contributed by atoms with Crippen LogP contribution in [0.2, 0.25) is 5.02 Å². The van der Waals surface area contributed by atoms with Crippen LogP contribution < -0.4 is 4.90 Å². The number of aromatic nitrogens is 2. The molecule has 1 fully saturated rings. The molecule has 4 aromatic rings. The fourth-order valence-electron chi connectivity index (χ4n) is 4.22. The van der Waals surface area contributed by atoms with Gasteiger partial charge in [-0.3, -0.25) is 4.79 Å². The summed E-state index contributed by atoms with van der Waals surface area (Å²) in [6.07, 6.45) is 0. The number of carbonyl (C=O) groups excluding carboxylic acids is 1. The molecule has 1 aliphatic heterocycles. The van der Waals surface area contributed by atoms with Gasteiger partial charge in [0.2, 0.25) is 0 Å². The van der Waals surface area contributed by atoms with Crippen molar-refractivity contribution in [3.63, 3.8) is 0 Å². The van der Waals surface area contributed by atoms with Gasteiger partial charge in [-0.25, -0.2) is 9.07 Å². The standard InChI is InChI=1S/C27H24ClFN4O/c1-19-9-11-21(12-10-19)33-26(18-25(30-33)23-7-2-3-8-24(23)29)27(34)32-15-13-31(14-16-32)22-6-4-5-20(28)17-22/h2-12,17-18H,13-16H2,1H3. The van der Waals surface area contributed by atoms with Gasteiger partial charge in [-0.15, -0.1) is 0 Å². The number of anilines is 1. The maximum atomic E-state index is 14.5. The molecule has 0 unspecified atom stereocenters. The molecule has 7 heteroatoms. The molecule has 3 aromatic carbocycles. The second kappa shape index (κ2) is 9.31. The first-order valence-electron chi connectivity index (χ1n) is 11.2. The van der Waals surface area contributed by atoms with E-state index >= 15 is 0 Å². The fourth-order valence-corrected chi connectivity index (χ4v) is 4.40. The van der Waals surface area contributed by atoms with Gasteiger partial charge in [0, 0.05) is 42.5 Å². The quantitative estimate of drug-likeness (QED) is 0.386. The molecule has 2 heterocycles. The minimum Gasteiger partial charge on any atom is -0.368 e. The average Bonchev–Trinajstić information content (AvgIpc) is 3.29. The molecule has 34 heavy (non-hydrogen) atoms. The van der Waals surface area contributed by atoms with E-state index < -0.39 is 0 Å². The second-order valence-corrected chi connectivity index (χ2v) is 8.84. The van der Waals surface area contributed by atoms with Gasteiger partial charge >= 0.3 is 0 Å². The minimum atomic E-state index is -0.370. The molecule has 1 amide bonds. The molecule has 0 N–H and O–H groups in total. The number of amides is 1. The number of hydrogen-bond acceptors (Lipinski definition) is 3. The highest BCUT2D eigenvalue weighted by Crippen LogP contribution is 2.26. The molecular weight excluding hydrogens is 451 g/mol. The van der Waals surface area contributed by atoms with Crippen molar-refractivity contribution in [3.05, 3.63) is 101 Å². The van der Waals surface area contributed by atoms with Gasteiger partial charge in [-0.1, -0.05) is 47.5 Å². The van der Waals surface area contributed by atoms with Crippen LogP contribution in [0.3, 0.4) is 0 Å². The van der Waals surface area contributed by atoms with E-state index in [0.717, 1.165) is 16.9 Å². The van der Waals surface area contributed by atoms with Crippen molar-refractivity contribution < 1.29 is 9.18 Å². The predicted octanol–water partition coefficient (Wildman–Crippen LogP) is 5.60. The summed E-state index contributed by atoms with van der Waals surface area (Å²) >= 11 is 6.14. The first-order valence-corrected chi connectivity index (χ1v) is 11.6. The zero-order valence-electron chi connectivity index (χ0n) is 18.8. The number of benzene rings is 3. The summed E-state index contributed by atoms with van der Waals surface area (Å²) < 4.78 is 16.1. The lowest BCUT2D eigenvalue weighted by molar-refractivity contribution is 0.0737. The van der Waals surface area contributed by atoms with E-state index in [2.05, 4.69) is 10.00 Å². The van der Waals surface area contributed by atoms with E-state index in [-0.39, 0.29) is 11.7 Å². The number of aryl methyl sites for hydroxylation is 1. The SMILES string of the molecule is Cc1ccc(-n2nc(-c3ccccc3F)cc2C(=O)N2CCN(c3cccc(Cl)c3)CC2)cc1. The number of piperazine rings is 1. The third-order valence-corrected chi connectivity index (χ3v) is 6.33. The highest BCUT2D eigenvalue weighted by molar-refractivity contribution is 6.30. The Labute approximate surface area is 203 Å². The van der Waals surface area contributed by atoms with Gasteiger partial charge in [0.25, 0.3) is 5.91 Å². The number of hydrogen-bond donors (Lipinski definition) is 0. The summed E-state index contributed by atoms with van der Waals surface area (Å²) in [5.74, 6) is -0.494. The second-order valence-electron chi connectivity index (χ2n) is 8.40. The molecule has 5 rings (SSSR count). The third-order valence-electron chi connectivity index (χ3n) is 6.10. The maximum Gasteiger partial charge on any atom is 0.272 e. The number of nitrogens with zero attached hydrogens (tertiary/aromatic N) is 4. The van der Waals surface area contributed by atoms with Gasteiger partial charge in [-0.05, 0) is 55.5 Å². The van der Waals surface area contributed by atoms with Crippen molar-refractivity contribution in [1.82, 2.24) is 14.7 Å². The summed E-state index contributed by atoms with van der Waals surface area (Å²) in [4.78, 5) is 17.7. The number of rotatable bonds is 4. The van der Waals surface area contributed by atoms with Gasteiger partial charge in [-0.2, -0.15) is 5.10 Å². The fraction of sp³-hybridized carbons (Fsp3) is 0.185. The Kier molecular flexibility index (Phi) is 6.07. The topological polar surface area (TPSA) is 41.4 Å². The van der Waals surface area contributed by atoms with Crippen molar-refractivity contribution in [3.8, 4) is 16.9 Å². The largest absolute Gasteiger partial charge is 0.368 e. The lowest BCUT2D eigenvalue weighted by Gasteiger charge is -2.36. The monoisotopic (exact) mass is 474 g/mol. The molecule has 1 aromatic heterocycles. The van der Waals surface area contributed by atoms with Crippen LogP contribution in [0.1, 0.15) is 16.1 Å². The molecule has 0 atom stereocenters. The van der Waals surface area contributed by atoms with Crippen molar-refractivity contribution in [2.24, 2.45) is 0 Å². The van der Waals surface area contributed by atoms with Crippen molar-refractivity contribution >= 4 is 23.2 Å². The number of halogens is 2. The van der Waals surface area contributed by atoms with Crippen LogP contribution in [0.5, 0.6) is 0 Å². The third kappa shape index (κ3) is 4.41. The van der Waals surface area contributed by atoms with Crippen LogP contribution in [0.15, 0.2) is 78.9 Å². The van der Waals surface area contributed by atoms with E-state index in [1.165, 1.54) is 6.07 Å². The van der Waals surface area contributed by atoms with Crippen molar-refractivity contribution in [2.45, 2.75) is 6.92 Å². The molecule has 1 saturated heterocycles. The van der Waals surface area contributed by atoms with Crippen LogP contribution in [-0.2, 0) is 0 Å². The molecule has 0 spiro atoms. The summed E-state index contributed by atoms with van der Waals surface area (Å²) in [5, 5.41) is 5.33. The summed E-state index contributed by atoms with van der Waals surface area (Å²) in [7, 11) is 0. The average molecular weight is 475 g/mol. The molecule has 0 saturated carbocycles. The molecular formula is C27H24ClFN4O. The van der Waals surface area contributed by atoms with Gasteiger partial charge in [0.05, 0.1) is 11.4 Å². The minimum absolute atomic E-state index is 0.124. The van der Waals surface area contributed by atoms with Gasteiger partial charge in [0.15, 0.2) is 0 Å². The smallest absolute Gasteiger partial charge is 0.272 e. The summed E-state index contributed by atoms with van der Waals surface area (Å²) in [6.45, 7) is 4.54. The van der Waals surface area contributed by atoms with Crippen molar-refractivity contribution in [1.29, 1.82) is 0 Å². The molecule has 0 bridgehead atoms. The first-order chi connectivity index (χ1) is 16.5. The van der Waals surface area contributed by atoms with Crippen molar-refractivity contribution in [2.75, 3.05) is 31.1 Å². The predicted molar refractivity (Wildman–Crippen MR) is 133 cm³/mol. The summed E-state index contributed by atoms with van der Waals surface area (Å²) in [6, 6.07) is 23.7. The molecule has 0 aliphatic carbocycles. The Morgan fingerprint density at radius 1 is 0.882 bits per heavy atom. The first kappa shape index (κ1) is 22.2. The molecule has 5 nitrogen and oxygen atoms in total. The Morgan fingerprint density at radius 2 is 1.62 bits per heavy atom. The normalized spacial score (nSPS) is 13.9. The zero-order valence-corrected chi connectivity index (χ0v) is 19.5. The Morgan fingerprint density at radius 3 is 2.32 bits per heavy atom. The van der Waals surface area contributed by atoms with Crippen LogP contribution in [0, 0.1) is 12.7 Å². The van der Waals surface area contributed by atoms with Crippen LogP contribution in [0.25, 0.3) is 16.9 Å². The maximum absolute atomic E-state index is 14.5. The van der Waals surface area contributed by atoms with Crippen LogP contribution in [0.4, 0.5) is 10.1 Å². The molecule has 1 aliphatic rings. The Balaban J connectivity index is 1.44. The highest BCUT2D eigenvalue weighted by Gasteiger charge is 2.27. The van der Waals surface area contributed by atoms with E-state index in [9.17, 15) is 9.18 Å². The lowest BCUT2D eigenvalue weighted by atomic mass is 10.1. The zero-order chi connectivity index (χ0) is 23.7. The molecule has 172 valence electrons. The van der Waals surface area contributed by atoms with Gasteiger partial charge < -0.3 is 9.80 Å². The lowest BCUT2D eigenvalue weighted by Crippen LogP contribution is -2.49. The Hall–Kier alpha value is -3.64. The van der Waals surface area contributed by atoms with E-state index in [1.54, 1.807) is 28.9 Å². The van der Waals surface area contributed by atoms with E-state index in [0.29, 0.717) is 48.2 Å². The van der Waals surface area contributed by atoms with E-state index in [4.69, 9.17) is 11.6 Å². The highest BCUT2D eigenvalue weighted by atomic mass is 35.5. The Bertz CT molecular complexity index is 1330. The van der Waals surface area contributed by atoms with Crippen LogP contribution in [-0.4, -0.2) is 46.8 Å². The molecule has 0 radical (unpaired) electrons. The van der Waals surface area contributed by atoms with Crippen LogP contribution >= 0.6 is 11.6 Å². The van der Waals surface area contributed by atoms with E-state index in [1.807, 2.05) is 60.4 Å².